The van der Waals surface area contributed by atoms with Crippen molar-refractivity contribution in [1.82, 2.24) is 4.90 Å². The van der Waals surface area contributed by atoms with Crippen molar-refractivity contribution >= 4 is 11.9 Å². The molecule has 2 saturated heterocycles. The number of benzene rings is 1. The second kappa shape index (κ2) is 7.70. The van der Waals surface area contributed by atoms with Gasteiger partial charge in [-0.05, 0) is 44.2 Å². The Labute approximate surface area is 150 Å². The van der Waals surface area contributed by atoms with Gasteiger partial charge in [0.1, 0.15) is 11.6 Å². The highest BCUT2D eigenvalue weighted by molar-refractivity contribution is 5.83. The van der Waals surface area contributed by atoms with E-state index >= 15 is 0 Å². The Balaban J connectivity index is 1.63. The summed E-state index contributed by atoms with van der Waals surface area (Å²) in [6.45, 7) is 2.84. The van der Waals surface area contributed by atoms with Crippen molar-refractivity contribution in [2.24, 2.45) is 11.8 Å². The van der Waals surface area contributed by atoms with Gasteiger partial charge in [-0.15, -0.1) is 0 Å². The smallest absolute Gasteiger partial charge is 0.309 e. The van der Waals surface area contributed by atoms with E-state index in [1.807, 2.05) is 0 Å². The summed E-state index contributed by atoms with van der Waals surface area (Å²) in [6, 6.07) is 3.58. The van der Waals surface area contributed by atoms with Crippen molar-refractivity contribution in [3.63, 3.8) is 0 Å². The Morgan fingerprint density at radius 3 is 2.38 bits per heavy atom. The summed E-state index contributed by atoms with van der Waals surface area (Å²) in [5.74, 6) is -3.89. The molecule has 142 valence electrons. The second-order valence-electron chi connectivity index (χ2n) is 7.09. The average Bonchev–Trinajstić information content (AvgIpc) is 3.11. The number of likely N-dealkylation sites (tertiary alicyclic amines) is 1. The molecule has 1 N–H and O–H groups in total. The predicted octanol–water partition coefficient (Wildman–Crippen LogP) is 2.80. The van der Waals surface area contributed by atoms with E-state index in [9.17, 15) is 23.5 Å². The summed E-state index contributed by atoms with van der Waals surface area (Å²) in [6.07, 6.45) is 1.47. The van der Waals surface area contributed by atoms with Gasteiger partial charge in [0.25, 0.3) is 0 Å². The van der Waals surface area contributed by atoms with Crippen LogP contribution in [0.15, 0.2) is 18.2 Å². The van der Waals surface area contributed by atoms with Crippen LogP contribution in [0.3, 0.4) is 0 Å². The van der Waals surface area contributed by atoms with Crippen molar-refractivity contribution in [1.29, 1.82) is 0 Å². The molecule has 3 rings (SSSR count). The van der Waals surface area contributed by atoms with Gasteiger partial charge in [-0.2, -0.15) is 0 Å². The van der Waals surface area contributed by atoms with Gasteiger partial charge in [-0.1, -0.05) is 6.07 Å². The van der Waals surface area contributed by atoms with Crippen LogP contribution in [0.5, 0.6) is 0 Å². The quantitative estimate of drug-likeness (QED) is 0.889. The van der Waals surface area contributed by atoms with Gasteiger partial charge < -0.3 is 14.7 Å². The molecule has 2 heterocycles. The molecule has 1 aromatic rings. The first-order valence-electron chi connectivity index (χ1n) is 8.97. The third kappa shape index (κ3) is 3.58. The lowest BCUT2D eigenvalue weighted by Crippen LogP contribution is -2.44. The fourth-order valence-electron chi connectivity index (χ4n) is 4.11. The largest absolute Gasteiger partial charge is 0.481 e. The monoisotopic (exact) mass is 367 g/mol. The molecule has 0 radical (unpaired) electrons. The molecule has 0 saturated carbocycles. The normalized spacial score (nSPS) is 25.3. The van der Waals surface area contributed by atoms with Gasteiger partial charge >= 0.3 is 5.97 Å². The van der Waals surface area contributed by atoms with Crippen molar-refractivity contribution in [2.45, 2.75) is 38.2 Å². The molecule has 0 aromatic heterocycles. The Hall–Kier alpha value is -2.02. The lowest BCUT2D eigenvalue weighted by atomic mass is 9.84. The zero-order valence-corrected chi connectivity index (χ0v) is 14.7. The van der Waals surface area contributed by atoms with Crippen LogP contribution in [0.25, 0.3) is 0 Å². The van der Waals surface area contributed by atoms with Crippen LogP contribution in [-0.4, -0.2) is 47.7 Å². The number of hydrogen-bond donors (Lipinski definition) is 1. The Morgan fingerprint density at radius 2 is 1.81 bits per heavy atom. The molecule has 2 unspecified atom stereocenters. The highest BCUT2D eigenvalue weighted by atomic mass is 19.1. The Morgan fingerprint density at radius 1 is 1.19 bits per heavy atom. The number of carbonyl (C=O) groups excluding carboxylic acids is 1. The van der Waals surface area contributed by atoms with Crippen molar-refractivity contribution in [3.8, 4) is 0 Å². The van der Waals surface area contributed by atoms with Gasteiger partial charge in [0.2, 0.25) is 5.91 Å². The van der Waals surface area contributed by atoms with Crippen LogP contribution >= 0.6 is 0 Å². The van der Waals surface area contributed by atoms with E-state index in [0.29, 0.717) is 39.0 Å². The van der Waals surface area contributed by atoms with Crippen LogP contribution in [0.1, 0.15) is 37.7 Å². The molecule has 26 heavy (non-hydrogen) atoms. The lowest BCUT2D eigenvalue weighted by molar-refractivity contribution is -0.146. The molecule has 1 amide bonds. The second-order valence-corrected chi connectivity index (χ2v) is 7.09. The maximum Gasteiger partial charge on any atom is 0.309 e. The van der Waals surface area contributed by atoms with Gasteiger partial charge in [-0.25, -0.2) is 8.78 Å². The topological polar surface area (TPSA) is 66.8 Å². The number of piperidine rings is 1. The number of carboxylic acids is 1. The number of aliphatic carboxylic acids is 1. The molecule has 1 aromatic carbocycles. The molecule has 2 fully saturated rings. The standard InChI is InChI=1S/C19H23F2NO4/c1-11(16-14(20)3-2-4-15(16)21)18(23)22-8-5-12(6-9-22)17-13(19(24)25)7-10-26-17/h2-4,11-13,17H,5-10H2,1H3,(H,24,25)/t11?,13?,17-/m0/s1. The summed E-state index contributed by atoms with van der Waals surface area (Å²) >= 11 is 0. The van der Waals surface area contributed by atoms with E-state index in [-0.39, 0.29) is 23.5 Å². The fourth-order valence-corrected chi connectivity index (χ4v) is 4.11. The number of carboxylic acid groups (broad SMARTS) is 1. The minimum atomic E-state index is -0.901. The number of hydrogen-bond acceptors (Lipinski definition) is 3. The summed E-state index contributed by atoms with van der Waals surface area (Å²) in [4.78, 5) is 25.6. The van der Waals surface area contributed by atoms with Gasteiger partial charge in [0, 0.05) is 25.3 Å². The van der Waals surface area contributed by atoms with Crippen LogP contribution in [0.2, 0.25) is 0 Å². The molecule has 2 aliphatic rings. The van der Waals surface area contributed by atoms with E-state index in [1.165, 1.54) is 13.0 Å². The molecule has 0 aliphatic carbocycles. The zero-order chi connectivity index (χ0) is 18.8. The minimum Gasteiger partial charge on any atom is -0.481 e. The highest BCUT2D eigenvalue weighted by Crippen LogP contribution is 2.34. The maximum atomic E-state index is 13.9. The number of nitrogens with zero attached hydrogens (tertiary/aromatic N) is 1. The van der Waals surface area contributed by atoms with Crippen molar-refractivity contribution < 1.29 is 28.2 Å². The first-order valence-corrected chi connectivity index (χ1v) is 8.97. The SMILES string of the molecule is CC(C(=O)N1CCC([C@@H]2OCCC2C(=O)O)CC1)c1c(F)cccc1F. The third-order valence-electron chi connectivity index (χ3n) is 5.57. The van der Waals surface area contributed by atoms with Crippen LogP contribution in [-0.2, 0) is 14.3 Å². The molecule has 3 atom stereocenters. The van der Waals surface area contributed by atoms with Gasteiger partial charge in [-0.3, -0.25) is 9.59 Å². The van der Waals surface area contributed by atoms with Crippen molar-refractivity contribution in [3.05, 3.63) is 35.4 Å². The summed E-state index contributed by atoms with van der Waals surface area (Å²) in [5, 5.41) is 9.29. The van der Waals surface area contributed by atoms with E-state index in [0.717, 1.165) is 12.1 Å². The van der Waals surface area contributed by atoms with E-state index in [1.54, 1.807) is 4.90 Å². The molecular formula is C19H23F2NO4. The Kier molecular flexibility index (Phi) is 5.55. The van der Waals surface area contributed by atoms with E-state index in [4.69, 9.17) is 4.74 Å². The summed E-state index contributed by atoms with van der Waals surface area (Å²) < 4.78 is 33.5. The third-order valence-corrected chi connectivity index (χ3v) is 5.57. The predicted molar refractivity (Wildman–Crippen MR) is 89.6 cm³/mol. The lowest BCUT2D eigenvalue weighted by Gasteiger charge is -2.36. The number of rotatable bonds is 4. The summed E-state index contributed by atoms with van der Waals surface area (Å²) in [7, 11) is 0. The number of carbonyl (C=O) groups is 2. The van der Waals surface area contributed by atoms with E-state index < -0.39 is 29.4 Å². The van der Waals surface area contributed by atoms with Crippen LogP contribution in [0, 0.1) is 23.5 Å². The first-order chi connectivity index (χ1) is 12.4. The number of amides is 1. The number of ether oxygens (including phenoxy) is 1. The first kappa shape index (κ1) is 18.8. The van der Waals surface area contributed by atoms with E-state index in [2.05, 4.69) is 0 Å². The van der Waals surface area contributed by atoms with Gasteiger partial charge in [0.05, 0.1) is 17.9 Å². The average molecular weight is 367 g/mol. The molecule has 2 aliphatic heterocycles. The van der Waals surface area contributed by atoms with Crippen LogP contribution < -0.4 is 0 Å². The fraction of sp³-hybridized carbons (Fsp3) is 0.579. The zero-order valence-electron chi connectivity index (χ0n) is 14.7. The van der Waals surface area contributed by atoms with Crippen LogP contribution in [0.4, 0.5) is 8.78 Å². The highest BCUT2D eigenvalue weighted by Gasteiger charge is 2.41. The molecule has 0 bridgehead atoms. The van der Waals surface area contributed by atoms with Gasteiger partial charge in [0.15, 0.2) is 0 Å². The molecular weight excluding hydrogens is 344 g/mol. The molecule has 7 heteroatoms. The maximum absolute atomic E-state index is 13.9. The molecule has 5 nitrogen and oxygen atoms in total. The molecule has 0 spiro atoms. The summed E-state index contributed by atoms with van der Waals surface area (Å²) in [5.41, 5.74) is -0.204. The van der Waals surface area contributed by atoms with Crippen molar-refractivity contribution in [2.75, 3.05) is 19.7 Å². The Bertz CT molecular complexity index is 668. The minimum absolute atomic E-state index is 0.0863. The number of halogens is 2.